The lowest BCUT2D eigenvalue weighted by Gasteiger charge is -2.00. The zero-order chi connectivity index (χ0) is 17.9. The topological polar surface area (TPSA) is 113 Å². The van der Waals surface area contributed by atoms with Crippen molar-refractivity contribution in [1.82, 2.24) is 29.5 Å². The second-order valence-electron chi connectivity index (χ2n) is 5.17. The number of para-hydroxylation sites is 2. The Labute approximate surface area is 157 Å². The Morgan fingerprint density at radius 2 is 1.00 bits per heavy atom. The quantitative estimate of drug-likeness (QED) is 0.507. The van der Waals surface area contributed by atoms with Crippen molar-refractivity contribution in [1.29, 1.82) is 0 Å². The van der Waals surface area contributed by atoms with Crippen molar-refractivity contribution in [3.8, 4) is 11.4 Å². The Morgan fingerprint density at radius 3 is 1.38 bits per heavy atom. The van der Waals surface area contributed by atoms with Gasteiger partial charge in [-0.15, -0.1) is 10.2 Å². The van der Waals surface area contributed by atoms with Gasteiger partial charge in [0.05, 0.1) is 11.4 Å². The molecule has 4 aromatic rings. The lowest BCUT2D eigenvalue weighted by Crippen LogP contribution is -2.01. The SMILES string of the molecule is Nc1nc(SSc2nc(N)n(-c3ccccc3)n2)nn1-c1ccccc1. The number of rotatable bonds is 5. The first-order chi connectivity index (χ1) is 12.7. The van der Waals surface area contributed by atoms with Crippen LogP contribution in [0.15, 0.2) is 71.0 Å². The van der Waals surface area contributed by atoms with E-state index < -0.39 is 0 Å². The van der Waals surface area contributed by atoms with Crippen molar-refractivity contribution in [3.05, 3.63) is 60.7 Å². The van der Waals surface area contributed by atoms with Gasteiger partial charge in [-0.2, -0.15) is 19.3 Å². The normalized spacial score (nSPS) is 10.9. The second kappa shape index (κ2) is 7.10. The van der Waals surface area contributed by atoms with Crippen LogP contribution in [0, 0.1) is 0 Å². The predicted molar refractivity (Wildman–Crippen MR) is 103 cm³/mol. The lowest BCUT2D eigenvalue weighted by atomic mass is 10.3. The highest BCUT2D eigenvalue weighted by Crippen LogP contribution is 2.35. The summed E-state index contributed by atoms with van der Waals surface area (Å²) in [4.78, 5) is 8.54. The fraction of sp³-hybridized carbons (Fsp3) is 0. The molecule has 0 fully saturated rings. The van der Waals surface area contributed by atoms with Crippen LogP contribution in [0.5, 0.6) is 0 Å². The van der Waals surface area contributed by atoms with E-state index in [-0.39, 0.29) is 0 Å². The molecule has 4 rings (SSSR count). The number of nitrogens with zero attached hydrogens (tertiary/aromatic N) is 6. The maximum Gasteiger partial charge on any atom is 0.224 e. The van der Waals surface area contributed by atoms with Gasteiger partial charge in [0.1, 0.15) is 0 Å². The Morgan fingerprint density at radius 1 is 0.615 bits per heavy atom. The monoisotopic (exact) mass is 382 g/mol. The van der Waals surface area contributed by atoms with Crippen LogP contribution in [0.1, 0.15) is 0 Å². The number of benzene rings is 2. The van der Waals surface area contributed by atoms with Gasteiger partial charge in [-0.1, -0.05) is 36.4 Å². The third-order valence-corrected chi connectivity index (χ3v) is 5.29. The maximum absolute atomic E-state index is 5.96. The third-order valence-electron chi connectivity index (χ3n) is 3.42. The highest BCUT2D eigenvalue weighted by Gasteiger charge is 2.13. The number of aromatic nitrogens is 6. The molecule has 0 radical (unpaired) electrons. The van der Waals surface area contributed by atoms with Crippen molar-refractivity contribution >= 4 is 33.5 Å². The lowest BCUT2D eigenvalue weighted by molar-refractivity contribution is 0.840. The first-order valence-electron chi connectivity index (χ1n) is 7.61. The molecule has 2 heterocycles. The van der Waals surface area contributed by atoms with E-state index in [0.717, 1.165) is 11.4 Å². The molecule has 0 aliphatic heterocycles. The van der Waals surface area contributed by atoms with Gasteiger partial charge in [0.15, 0.2) is 0 Å². The standard InChI is InChI=1S/C16H14N8S2/c17-13-19-15(21-23(13)11-7-3-1-4-8-11)25-26-16-20-14(18)24(22-16)12-9-5-2-6-10-12/h1-10H,(H2,17,19,21)(H2,18,20,22). The van der Waals surface area contributed by atoms with E-state index in [1.807, 2.05) is 60.7 Å². The number of nitrogen functional groups attached to an aromatic ring is 2. The minimum absolute atomic E-state index is 0.321. The summed E-state index contributed by atoms with van der Waals surface area (Å²) in [5, 5.41) is 9.86. The van der Waals surface area contributed by atoms with E-state index >= 15 is 0 Å². The van der Waals surface area contributed by atoms with Crippen LogP contribution in [-0.4, -0.2) is 29.5 Å². The average Bonchev–Trinajstić information content (AvgIpc) is 3.24. The minimum Gasteiger partial charge on any atom is -0.368 e. The molecule has 0 amide bonds. The molecule has 0 bridgehead atoms. The van der Waals surface area contributed by atoms with Crippen LogP contribution >= 0.6 is 21.6 Å². The van der Waals surface area contributed by atoms with Gasteiger partial charge >= 0.3 is 0 Å². The first kappa shape index (κ1) is 16.5. The van der Waals surface area contributed by atoms with Crippen LogP contribution < -0.4 is 11.5 Å². The fourth-order valence-corrected chi connectivity index (χ4v) is 3.78. The Kier molecular flexibility index (Phi) is 4.50. The summed E-state index contributed by atoms with van der Waals surface area (Å²) in [6, 6.07) is 19.2. The molecule has 0 aliphatic rings. The summed E-state index contributed by atoms with van der Waals surface area (Å²) in [6.07, 6.45) is 0. The predicted octanol–water partition coefficient (Wildman–Crippen LogP) is 2.81. The van der Waals surface area contributed by atoms with E-state index in [1.165, 1.54) is 21.6 Å². The molecule has 10 heteroatoms. The maximum atomic E-state index is 5.96. The molecule has 0 unspecified atom stereocenters. The van der Waals surface area contributed by atoms with Crippen molar-refractivity contribution in [2.24, 2.45) is 0 Å². The van der Waals surface area contributed by atoms with Crippen molar-refractivity contribution in [2.45, 2.75) is 10.3 Å². The molecule has 130 valence electrons. The van der Waals surface area contributed by atoms with E-state index in [4.69, 9.17) is 11.5 Å². The smallest absolute Gasteiger partial charge is 0.224 e. The summed E-state index contributed by atoms with van der Waals surface area (Å²) in [7, 11) is 2.64. The van der Waals surface area contributed by atoms with Crippen LogP contribution in [0.2, 0.25) is 0 Å². The van der Waals surface area contributed by atoms with Gasteiger partial charge in [-0.3, -0.25) is 0 Å². The Balaban J connectivity index is 1.50. The molecule has 4 N–H and O–H groups in total. The largest absolute Gasteiger partial charge is 0.368 e. The number of anilines is 2. The summed E-state index contributed by atoms with van der Waals surface area (Å²) in [6.45, 7) is 0. The molecule has 0 saturated carbocycles. The first-order valence-corrected chi connectivity index (χ1v) is 9.76. The van der Waals surface area contributed by atoms with Crippen molar-refractivity contribution < 1.29 is 0 Å². The zero-order valence-corrected chi connectivity index (χ0v) is 15.1. The van der Waals surface area contributed by atoms with Gasteiger partial charge in [-0.25, -0.2) is 0 Å². The fourth-order valence-electron chi connectivity index (χ4n) is 2.27. The number of hydrogen-bond donors (Lipinski definition) is 2. The second-order valence-corrected chi connectivity index (χ2v) is 7.23. The van der Waals surface area contributed by atoms with E-state index in [0.29, 0.717) is 22.2 Å². The Bertz CT molecular complexity index is 930. The molecule has 0 spiro atoms. The van der Waals surface area contributed by atoms with E-state index in [9.17, 15) is 0 Å². The van der Waals surface area contributed by atoms with Crippen LogP contribution in [0.4, 0.5) is 11.9 Å². The molecule has 8 nitrogen and oxygen atoms in total. The summed E-state index contributed by atoms with van der Waals surface area (Å²) >= 11 is 0. The van der Waals surface area contributed by atoms with Gasteiger partial charge in [0, 0.05) is 0 Å². The van der Waals surface area contributed by atoms with Crippen LogP contribution in [0.25, 0.3) is 11.4 Å². The number of hydrogen-bond acceptors (Lipinski definition) is 8. The highest BCUT2D eigenvalue weighted by molar-refractivity contribution is 8.76. The van der Waals surface area contributed by atoms with Crippen LogP contribution in [-0.2, 0) is 0 Å². The van der Waals surface area contributed by atoms with Gasteiger partial charge in [0.25, 0.3) is 0 Å². The Hall–Kier alpha value is -2.98. The highest BCUT2D eigenvalue weighted by atomic mass is 33.1. The van der Waals surface area contributed by atoms with Gasteiger partial charge in [-0.05, 0) is 45.9 Å². The molecule has 26 heavy (non-hydrogen) atoms. The van der Waals surface area contributed by atoms with Gasteiger partial charge < -0.3 is 11.5 Å². The molecular weight excluding hydrogens is 368 g/mol. The van der Waals surface area contributed by atoms with E-state index in [1.54, 1.807) is 9.36 Å². The summed E-state index contributed by atoms with van der Waals surface area (Å²) in [5.74, 6) is 0.642. The molecule has 2 aromatic heterocycles. The summed E-state index contributed by atoms with van der Waals surface area (Å²) < 4.78 is 3.18. The molecular formula is C16H14N8S2. The van der Waals surface area contributed by atoms with Gasteiger partial charge in [0.2, 0.25) is 22.2 Å². The van der Waals surface area contributed by atoms with Crippen molar-refractivity contribution in [2.75, 3.05) is 11.5 Å². The van der Waals surface area contributed by atoms with Crippen molar-refractivity contribution in [3.63, 3.8) is 0 Å². The average molecular weight is 382 g/mol. The molecule has 0 saturated heterocycles. The molecule has 0 aliphatic carbocycles. The zero-order valence-electron chi connectivity index (χ0n) is 13.4. The summed E-state index contributed by atoms with van der Waals surface area (Å²) in [5.41, 5.74) is 13.6. The molecule has 0 atom stereocenters. The van der Waals surface area contributed by atoms with E-state index in [2.05, 4.69) is 20.2 Å². The number of nitrogens with two attached hydrogens (primary N) is 2. The third kappa shape index (κ3) is 3.37. The minimum atomic E-state index is 0.321. The molecule has 2 aromatic carbocycles. The van der Waals surface area contributed by atoms with Crippen LogP contribution in [0.3, 0.4) is 0 Å².